The molecule has 0 spiro atoms. The predicted octanol–water partition coefficient (Wildman–Crippen LogP) is 3.38. The van der Waals surface area contributed by atoms with Crippen molar-refractivity contribution < 1.29 is 0 Å². The highest BCUT2D eigenvalue weighted by molar-refractivity contribution is 5.67. The topological polar surface area (TPSA) is 51.8 Å². The number of rotatable bonds is 4. The van der Waals surface area contributed by atoms with Gasteiger partial charge in [0.05, 0.1) is 5.69 Å². The molecule has 1 aromatic heterocycles. The quantitative estimate of drug-likeness (QED) is 0.892. The van der Waals surface area contributed by atoms with Gasteiger partial charge in [-0.2, -0.15) is 0 Å². The zero-order chi connectivity index (χ0) is 13.0. The van der Waals surface area contributed by atoms with E-state index in [0.717, 1.165) is 41.9 Å². The Labute approximate surface area is 108 Å². The van der Waals surface area contributed by atoms with Gasteiger partial charge in [-0.15, -0.1) is 0 Å². The smallest absolute Gasteiger partial charge is 0.131 e. The Morgan fingerprint density at radius 1 is 1.11 bits per heavy atom. The summed E-state index contributed by atoms with van der Waals surface area (Å²) < 4.78 is 0. The molecule has 1 heterocycles. The maximum absolute atomic E-state index is 5.98. The fraction of sp³-hybridized carbons (Fsp3) is 0.333. The van der Waals surface area contributed by atoms with E-state index in [1.807, 2.05) is 25.1 Å². The number of benzene rings is 1. The first kappa shape index (κ1) is 12.6. The van der Waals surface area contributed by atoms with E-state index >= 15 is 0 Å². The monoisotopic (exact) mass is 241 g/mol. The highest BCUT2D eigenvalue weighted by Crippen LogP contribution is 2.24. The van der Waals surface area contributed by atoms with Crippen LogP contribution in [0.25, 0.3) is 11.3 Å². The Kier molecular flexibility index (Phi) is 3.92. The van der Waals surface area contributed by atoms with Crippen molar-refractivity contribution in [2.45, 2.75) is 33.1 Å². The molecule has 2 rings (SSSR count). The number of nitrogen functional groups attached to an aromatic ring is 1. The Morgan fingerprint density at radius 3 is 2.50 bits per heavy atom. The van der Waals surface area contributed by atoms with Crippen LogP contribution in [0.5, 0.6) is 0 Å². The minimum atomic E-state index is 0.593. The molecule has 0 unspecified atom stereocenters. The minimum absolute atomic E-state index is 0.593. The van der Waals surface area contributed by atoms with Gasteiger partial charge in [0.1, 0.15) is 11.6 Å². The number of aromatic nitrogens is 2. The minimum Gasteiger partial charge on any atom is -0.383 e. The van der Waals surface area contributed by atoms with Crippen molar-refractivity contribution in [1.29, 1.82) is 0 Å². The lowest BCUT2D eigenvalue weighted by molar-refractivity contribution is 0.753. The second-order valence-corrected chi connectivity index (χ2v) is 4.47. The molecule has 0 aliphatic heterocycles. The second kappa shape index (κ2) is 5.63. The summed E-state index contributed by atoms with van der Waals surface area (Å²) >= 11 is 0. The van der Waals surface area contributed by atoms with Gasteiger partial charge in [0.25, 0.3) is 0 Å². The van der Waals surface area contributed by atoms with Crippen molar-refractivity contribution >= 4 is 5.82 Å². The molecule has 2 N–H and O–H groups in total. The molecule has 18 heavy (non-hydrogen) atoms. The van der Waals surface area contributed by atoms with Crippen LogP contribution in [-0.4, -0.2) is 9.97 Å². The predicted molar refractivity (Wildman–Crippen MR) is 75.2 cm³/mol. The summed E-state index contributed by atoms with van der Waals surface area (Å²) in [5.74, 6) is 1.44. The van der Waals surface area contributed by atoms with E-state index in [2.05, 4.69) is 29.0 Å². The summed E-state index contributed by atoms with van der Waals surface area (Å²) in [5.41, 5.74) is 8.99. The number of nitrogens with zero attached hydrogens (tertiary/aromatic N) is 2. The first-order chi connectivity index (χ1) is 8.72. The molecule has 0 aliphatic rings. The van der Waals surface area contributed by atoms with E-state index < -0.39 is 0 Å². The van der Waals surface area contributed by atoms with Crippen LogP contribution in [0.3, 0.4) is 0 Å². The maximum Gasteiger partial charge on any atom is 0.131 e. The molecule has 0 amide bonds. The molecule has 0 saturated carbocycles. The van der Waals surface area contributed by atoms with Gasteiger partial charge in [0.2, 0.25) is 0 Å². The van der Waals surface area contributed by atoms with E-state index in [1.165, 1.54) is 0 Å². The van der Waals surface area contributed by atoms with Gasteiger partial charge in [-0.1, -0.05) is 43.7 Å². The molecule has 0 atom stereocenters. The summed E-state index contributed by atoms with van der Waals surface area (Å²) in [6.45, 7) is 4.14. The molecule has 3 heteroatoms. The lowest BCUT2D eigenvalue weighted by Gasteiger charge is -2.10. The average Bonchev–Trinajstić information content (AvgIpc) is 2.41. The van der Waals surface area contributed by atoms with Crippen LogP contribution in [0.2, 0.25) is 0 Å². The van der Waals surface area contributed by atoms with Crippen molar-refractivity contribution in [3.05, 3.63) is 41.7 Å². The Bertz CT molecular complexity index is 521. The van der Waals surface area contributed by atoms with Crippen LogP contribution in [0, 0.1) is 6.92 Å². The molecule has 0 radical (unpaired) electrons. The molecular formula is C15H19N3. The molecule has 1 aromatic carbocycles. The van der Waals surface area contributed by atoms with Gasteiger partial charge in [0, 0.05) is 17.5 Å². The van der Waals surface area contributed by atoms with E-state index in [9.17, 15) is 0 Å². The molecule has 0 fully saturated rings. The number of anilines is 1. The molecule has 3 nitrogen and oxygen atoms in total. The lowest BCUT2D eigenvalue weighted by atomic mass is 10.1. The van der Waals surface area contributed by atoms with E-state index in [1.54, 1.807) is 0 Å². The Morgan fingerprint density at radius 2 is 1.83 bits per heavy atom. The summed E-state index contributed by atoms with van der Waals surface area (Å²) in [6.07, 6.45) is 3.12. The third-order valence-electron chi connectivity index (χ3n) is 3.03. The molecule has 0 saturated heterocycles. The molecular weight excluding hydrogens is 222 g/mol. The average molecular weight is 241 g/mol. The number of unbranched alkanes of at least 4 members (excludes halogenated alkanes) is 1. The molecule has 2 aromatic rings. The third-order valence-corrected chi connectivity index (χ3v) is 3.03. The van der Waals surface area contributed by atoms with Crippen LogP contribution in [0.15, 0.2) is 30.3 Å². The normalized spacial score (nSPS) is 10.6. The SMILES string of the molecule is CCCCc1nc(N)c(C)c(-c2ccccc2)n1. The van der Waals surface area contributed by atoms with Crippen molar-refractivity contribution in [3.8, 4) is 11.3 Å². The van der Waals surface area contributed by atoms with Gasteiger partial charge in [-0.05, 0) is 13.3 Å². The van der Waals surface area contributed by atoms with E-state index in [4.69, 9.17) is 5.73 Å². The number of hydrogen-bond donors (Lipinski definition) is 1. The number of aryl methyl sites for hydroxylation is 1. The summed E-state index contributed by atoms with van der Waals surface area (Å²) in [6, 6.07) is 10.1. The standard InChI is InChI=1S/C15H19N3/c1-3-4-10-13-17-14(11(2)15(16)18-13)12-8-6-5-7-9-12/h5-9H,3-4,10H2,1-2H3,(H2,16,17,18). The van der Waals surface area contributed by atoms with Crippen molar-refractivity contribution in [2.75, 3.05) is 5.73 Å². The van der Waals surface area contributed by atoms with Gasteiger partial charge < -0.3 is 5.73 Å². The van der Waals surface area contributed by atoms with Crippen LogP contribution >= 0.6 is 0 Å². The summed E-state index contributed by atoms with van der Waals surface area (Å²) in [7, 11) is 0. The van der Waals surface area contributed by atoms with E-state index in [-0.39, 0.29) is 0 Å². The number of hydrogen-bond acceptors (Lipinski definition) is 3. The van der Waals surface area contributed by atoms with Crippen LogP contribution in [0.4, 0.5) is 5.82 Å². The Balaban J connectivity index is 2.43. The van der Waals surface area contributed by atoms with Gasteiger partial charge in [-0.25, -0.2) is 9.97 Å². The van der Waals surface area contributed by atoms with Crippen LogP contribution in [0.1, 0.15) is 31.2 Å². The summed E-state index contributed by atoms with van der Waals surface area (Å²) in [4.78, 5) is 9.01. The Hall–Kier alpha value is -1.90. The highest BCUT2D eigenvalue weighted by Gasteiger charge is 2.10. The largest absolute Gasteiger partial charge is 0.383 e. The fourth-order valence-electron chi connectivity index (χ4n) is 1.91. The van der Waals surface area contributed by atoms with Crippen LogP contribution in [-0.2, 0) is 6.42 Å². The molecule has 94 valence electrons. The lowest BCUT2D eigenvalue weighted by Crippen LogP contribution is -2.05. The zero-order valence-corrected chi connectivity index (χ0v) is 11.0. The first-order valence-electron chi connectivity index (χ1n) is 6.40. The maximum atomic E-state index is 5.98. The molecule has 0 aliphatic carbocycles. The fourth-order valence-corrected chi connectivity index (χ4v) is 1.91. The van der Waals surface area contributed by atoms with Crippen molar-refractivity contribution in [1.82, 2.24) is 9.97 Å². The molecule has 0 bridgehead atoms. The van der Waals surface area contributed by atoms with Crippen molar-refractivity contribution in [3.63, 3.8) is 0 Å². The van der Waals surface area contributed by atoms with Gasteiger partial charge >= 0.3 is 0 Å². The van der Waals surface area contributed by atoms with Gasteiger partial charge in [0.15, 0.2) is 0 Å². The summed E-state index contributed by atoms with van der Waals surface area (Å²) in [5, 5.41) is 0. The highest BCUT2D eigenvalue weighted by atomic mass is 15.0. The van der Waals surface area contributed by atoms with Gasteiger partial charge in [-0.3, -0.25) is 0 Å². The number of nitrogens with two attached hydrogens (primary N) is 1. The van der Waals surface area contributed by atoms with Crippen molar-refractivity contribution in [2.24, 2.45) is 0 Å². The second-order valence-electron chi connectivity index (χ2n) is 4.47. The first-order valence-corrected chi connectivity index (χ1v) is 6.40. The zero-order valence-electron chi connectivity index (χ0n) is 11.0. The third kappa shape index (κ3) is 2.67. The van der Waals surface area contributed by atoms with E-state index in [0.29, 0.717) is 5.82 Å². The van der Waals surface area contributed by atoms with Crippen LogP contribution < -0.4 is 5.73 Å².